The van der Waals surface area contributed by atoms with Crippen LogP contribution >= 0.6 is 23.2 Å². The van der Waals surface area contributed by atoms with Crippen LogP contribution in [0.4, 0.5) is 4.39 Å². The highest BCUT2D eigenvalue weighted by atomic mass is 35.5. The third-order valence-corrected chi connectivity index (χ3v) is 6.19. The van der Waals surface area contributed by atoms with Crippen molar-refractivity contribution in [1.29, 1.82) is 0 Å². The maximum atomic E-state index is 14.2. The van der Waals surface area contributed by atoms with E-state index in [1.807, 2.05) is 0 Å². The average molecular weight is 544 g/mol. The van der Waals surface area contributed by atoms with Crippen molar-refractivity contribution in [3.8, 4) is 22.8 Å². The Labute approximate surface area is 222 Å². The number of pyridine rings is 3. The molecule has 0 aliphatic carbocycles. The fourth-order valence-electron chi connectivity index (χ4n) is 3.62. The maximum absolute atomic E-state index is 14.2. The predicted molar refractivity (Wildman–Crippen MR) is 139 cm³/mol. The first-order valence-corrected chi connectivity index (χ1v) is 12.0. The SMILES string of the molecule is Cc1cnc(COc2cc(C)n(-c3cc(-c4nc(C(C)(C)O)ncc4Cl)ncc3C)c(=O)c2Cl)c(F)c1. The highest BCUT2D eigenvalue weighted by molar-refractivity contribution is 6.32. The molecule has 1 N–H and O–H groups in total. The van der Waals surface area contributed by atoms with Crippen molar-refractivity contribution in [2.75, 3.05) is 0 Å². The number of nitrogens with zero attached hydrogens (tertiary/aromatic N) is 5. The minimum Gasteiger partial charge on any atom is -0.485 e. The number of ether oxygens (including phenoxy) is 1. The van der Waals surface area contributed by atoms with E-state index in [0.29, 0.717) is 33.9 Å². The smallest absolute Gasteiger partial charge is 0.277 e. The Balaban J connectivity index is 1.75. The maximum Gasteiger partial charge on any atom is 0.277 e. The summed E-state index contributed by atoms with van der Waals surface area (Å²) in [5, 5.41) is 10.4. The van der Waals surface area contributed by atoms with Gasteiger partial charge in [0.1, 0.15) is 40.2 Å². The summed E-state index contributed by atoms with van der Waals surface area (Å²) in [7, 11) is 0. The van der Waals surface area contributed by atoms with Gasteiger partial charge in [-0.1, -0.05) is 23.2 Å². The standard InChI is InChI=1S/C26H24Cl2FN5O3/c1-13-6-17(29)19(30-9-13)12-37-21-7-15(3)34(24(35)22(21)28)20-8-18(31-10-14(20)2)23-16(27)11-32-25(33-23)26(4,5)36/h6-11,36H,12H2,1-5H3. The Morgan fingerprint density at radius 2 is 1.78 bits per heavy atom. The van der Waals surface area contributed by atoms with Crippen molar-refractivity contribution in [3.63, 3.8) is 0 Å². The molecule has 4 rings (SSSR count). The summed E-state index contributed by atoms with van der Waals surface area (Å²) in [5.41, 5.74) is 1.37. The number of rotatable bonds is 6. The first kappa shape index (κ1) is 26.7. The molecule has 4 aromatic heterocycles. The van der Waals surface area contributed by atoms with Gasteiger partial charge in [0.05, 0.1) is 22.6 Å². The van der Waals surface area contributed by atoms with E-state index in [1.54, 1.807) is 52.9 Å². The monoisotopic (exact) mass is 543 g/mol. The molecule has 0 aliphatic heterocycles. The minimum atomic E-state index is -1.29. The number of aryl methyl sites for hydroxylation is 3. The lowest BCUT2D eigenvalue weighted by atomic mass is 10.1. The number of halogens is 3. The van der Waals surface area contributed by atoms with Crippen molar-refractivity contribution in [2.45, 2.75) is 46.8 Å². The summed E-state index contributed by atoms with van der Waals surface area (Å²) in [6, 6.07) is 4.61. The van der Waals surface area contributed by atoms with E-state index < -0.39 is 17.0 Å². The molecule has 0 aromatic carbocycles. The Morgan fingerprint density at radius 1 is 1.05 bits per heavy atom. The second-order valence-electron chi connectivity index (χ2n) is 9.14. The van der Waals surface area contributed by atoms with Crippen LogP contribution in [0.15, 0.2) is 41.6 Å². The van der Waals surface area contributed by atoms with Crippen molar-refractivity contribution in [3.05, 3.63) is 91.3 Å². The molecule has 4 heterocycles. The van der Waals surface area contributed by atoms with Crippen LogP contribution in [0, 0.1) is 26.6 Å². The first-order valence-electron chi connectivity index (χ1n) is 11.3. The highest BCUT2D eigenvalue weighted by Gasteiger charge is 2.23. The van der Waals surface area contributed by atoms with Crippen molar-refractivity contribution in [2.24, 2.45) is 0 Å². The van der Waals surface area contributed by atoms with Crippen LogP contribution in [0.1, 0.15) is 42.2 Å². The lowest BCUT2D eigenvalue weighted by molar-refractivity contribution is 0.0688. The van der Waals surface area contributed by atoms with Gasteiger partial charge in [0.15, 0.2) is 5.82 Å². The van der Waals surface area contributed by atoms with Crippen LogP contribution in [0.2, 0.25) is 10.0 Å². The molecule has 0 atom stereocenters. The van der Waals surface area contributed by atoms with Gasteiger partial charge < -0.3 is 9.84 Å². The number of aliphatic hydroxyl groups is 1. The lowest BCUT2D eigenvalue weighted by Gasteiger charge is -2.18. The van der Waals surface area contributed by atoms with E-state index in [0.717, 1.165) is 0 Å². The van der Waals surface area contributed by atoms with Crippen LogP contribution in [-0.2, 0) is 12.2 Å². The molecule has 37 heavy (non-hydrogen) atoms. The Morgan fingerprint density at radius 3 is 2.46 bits per heavy atom. The number of aromatic nitrogens is 5. The molecule has 4 aromatic rings. The lowest BCUT2D eigenvalue weighted by Crippen LogP contribution is -2.23. The van der Waals surface area contributed by atoms with Gasteiger partial charge in [0.25, 0.3) is 5.56 Å². The molecular weight excluding hydrogens is 520 g/mol. The largest absolute Gasteiger partial charge is 0.485 e. The van der Waals surface area contributed by atoms with Crippen molar-refractivity contribution < 1.29 is 14.2 Å². The van der Waals surface area contributed by atoms with Gasteiger partial charge >= 0.3 is 0 Å². The Hall–Kier alpha value is -3.40. The molecule has 0 radical (unpaired) electrons. The van der Waals surface area contributed by atoms with E-state index in [2.05, 4.69) is 19.9 Å². The molecule has 8 nitrogen and oxygen atoms in total. The summed E-state index contributed by atoms with van der Waals surface area (Å²) in [6.45, 7) is 8.18. The summed E-state index contributed by atoms with van der Waals surface area (Å²) in [4.78, 5) is 30.3. The van der Waals surface area contributed by atoms with Crippen LogP contribution in [0.5, 0.6) is 5.75 Å². The molecule has 192 valence electrons. The van der Waals surface area contributed by atoms with Crippen LogP contribution in [-0.4, -0.2) is 29.6 Å². The zero-order chi connectivity index (χ0) is 27.1. The molecule has 0 amide bonds. The summed E-state index contributed by atoms with van der Waals surface area (Å²) >= 11 is 12.7. The molecule has 11 heteroatoms. The van der Waals surface area contributed by atoms with Crippen LogP contribution in [0.3, 0.4) is 0 Å². The van der Waals surface area contributed by atoms with E-state index in [-0.39, 0.29) is 33.9 Å². The van der Waals surface area contributed by atoms with Crippen LogP contribution in [0.25, 0.3) is 17.1 Å². The summed E-state index contributed by atoms with van der Waals surface area (Å²) in [5.74, 6) is -0.215. The predicted octanol–water partition coefficient (Wildman–Crippen LogP) is 5.26. The van der Waals surface area contributed by atoms with Crippen molar-refractivity contribution in [1.82, 2.24) is 24.5 Å². The van der Waals surface area contributed by atoms with E-state index in [9.17, 15) is 14.3 Å². The van der Waals surface area contributed by atoms with Gasteiger partial charge in [0, 0.05) is 24.2 Å². The normalized spacial score (nSPS) is 11.6. The Kier molecular flexibility index (Phi) is 7.32. The third-order valence-electron chi connectivity index (χ3n) is 5.57. The van der Waals surface area contributed by atoms with Gasteiger partial charge in [0.2, 0.25) is 0 Å². The Bertz CT molecular complexity index is 1570. The van der Waals surface area contributed by atoms with Gasteiger partial charge in [-0.05, 0) is 57.9 Å². The zero-order valence-electron chi connectivity index (χ0n) is 20.8. The first-order chi connectivity index (χ1) is 17.4. The van der Waals surface area contributed by atoms with Gasteiger partial charge in [-0.15, -0.1) is 0 Å². The van der Waals surface area contributed by atoms with E-state index in [1.165, 1.54) is 23.0 Å². The van der Waals surface area contributed by atoms with Crippen LogP contribution < -0.4 is 10.3 Å². The second-order valence-corrected chi connectivity index (χ2v) is 9.92. The molecule has 0 aliphatic rings. The topological polar surface area (TPSA) is 103 Å². The fourth-order valence-corrected chi connectivity index (χ4v) is 4.01. The van der Waals surface area contributed by atoms with Gasteiger partial charge in [-0.2, -0.15) is 0 Å². The second kappa shape index (κ2) is 10.2. The molecule has 0 spiro atoms. The van der Waals surface area contributed by atoms with E-state index in [4.69, 9.17) is 27.9 Å². The highest BCUT2D eigenvalue weighted by Crippen LogP contribution is 2.30. The van der Waals surface area contributed by atoms with E-state index >= 15 is 0 Å². The average Bonchev–Trinajstić information content (AvgIpc) is 2.82. The summed E-state index contributed by atoms with van der Waals surface area (Å²) in [6.07, 6.45) is 4.51. The molecule has 0 saturated heterocycles. The zero-order valence-corrected chi connectivity index (χ0v) is 22.3. The molecule has 0 fully saturated rings. The minimum absolute atomic E-state index is 0.102. The number of hydrogen-bond acceptors (Lipinski definition) is 7. The molecular formula is C26H24Cl2FN5O3. The molecule has 0 unspecified atom stereocenters. The third kappa shape index (κ3) is 5.49. The fraction of sp³-hybridized carbons (Fsp3) is 0.269. The van der Waals surface area contributed by atoms with Crippen molar-refractivity contribution >= 4 is 23.2 Å². The number of hydrogen-bond donors (Lipinski definition) is 1. The van der Waals surface area contributed by atoms with Gasteiger partial charge in [-0.3, -0.25) is 19.3 Å². The quantitative estimate of drug-likeness (QED) is 0.353. The summed E-state index contributed by atoms with van der Waals surface area (Å²) < 4.78 is 21.2. The van der Waals surface area contributed by atoms with Gasteiger partial charge in [-0.25, -0.2) is 14.4 Å². The molecule has 0 bridgehead atoms. The molecule has 0 saturated carbocycles.